The van der Waals surface area contributed by atoms with Gasteiger partial charge in [-0.3, -0.25) is 18.2 Å². The molecule has 7 nitrogen and oxygen atoms in total. The molecule has 0 radical (unpaired) electrons. The van der Waals surface area contributed by atoms with Crippen molar-refractivity contribution in [3.05, 3.63) is 181 Å². The highest BCUT2D eigenvalue weighted by Crippen LogP contribution is 2.29. The van der Waals surface area contributed by atoms with Gasteiger partial charge in [0, 0.05) is 22.6 Å². The molecule has 7 rings (SSSR count). The zero-order valence-electron chi connectivity index (χ0n) is 34.1. The molecular formula is C49H49FO7S3. The first kappa shape index (κ1) is 44.6. The van der Waals surface area contributed by atoms with Crippen molar-refractivity contribution in [1.29, 1.82) is 0 Å². The van der Waals surface area contributed by atoms with Gasteiger partial charge in [-0.25, -0.2) is 0 Å². The molecule has 60 heavy (non-hydrogen) atoms. The Morgan fingerprint density at radius 2 is 0.983 bits per heavy atom. The van der Waals surface area contributed by atoms with Crippen LogP contribution in [0.3, 0.4) is 0 Å². The van der Waals surface area contributed by atoms with E-state index in [2.05, 4.69) is 48.5 Å². The molecule has 0 saturated heterocycles. The first-order valence-corrected chi connectivity index (χ1v) is 23.4. The number of rotatable bonds is 17. The molecule has 0 spiro atoms. The number of alkyl halides is 1. The number of halogens is 1. The number of hydrogen-bond donors (Lipinski definition) is 0. The molecule has 0 amide bonds. The molecule has 0 unspecified atom stereocenters. The summed E-state index contributed by atoms with van der Waals surface area (Å²) in [7, 11) is -3.70. The molecule has 0 saturated carbocycles. The van der Waals surface area contributed by atoms with Gasteiger partial charge in [-0.15, -0.1) is 0 Å². The minimum Gasteiger partial charge on any atom is -0.449 e. The van der Waals surface area contributed by atoms with Gasteiger partial charge in [-0.2, -0.15) is 8.42 Å². The zero-order chi connectivity index (χ0) is 42.5. The molecule has 0 N–H and O–H groups in total. The van der Waals surface area contributed by atoms with E-state index < -0.39 is 10.1 Å². The summed E-state index contributed by atoms with van der Waals surface area (Å²) in [5, 5.41) is 2.56. The molecule has 0 atom stereocenters. The van der Waals surface area contributed by atoms with Crippen LogP contribution in [-0.2, 0) is 38.6 Å². The van der Waals surface area contributed by atoms with E-state index >= 15 is 0 Å². The fourth-order valence-corrected chi connectivity index (χ4v) is 9.24. The molecule has 312 valence electrons. The van der Waals surface area contributed by atoms with Crippen molar-refractivity contribution in [3.63, 3.8) is 0 Å². The maximum atomic E-state index is 12.6. The number of aryl methyl sites for hydroxylation is 3. The number of fused-ring (bicyclic) bond motifs is 2. The Bertz CT molecular complexity index is 2730. The molecule has 0 aliphatic heterocycles. The summed E-state index contributed by atoms with van der Waals surface area (Å²) in [6.45, 7) is 5.45. The minimum atomic E-state index is -3.70. The van der Waals surface area contributed by atoms with Crippen LogP contribution < -0.4 is 10.9 Å². The van der Waals surface area contributed by atoms with Gasteiger partial charge in [-0.05, 0) is 118 Å². The second kappa shape index (κ2) is 21.5. The van der Waals surface area contributed by atoms with E-state index in [-0.39, 0.29) is 29.0 Å². The van der Waals surface area contributed by atoms with Crippen LogP contribution in [0.4, 0.5) is 4.39 Å². The third-order valence-corrected chi connectivity index (χ3v) is 13.6. The number of unbranched alkanes of at least 4 members (excludes halogenated alkanes) is 2. The molecule has 5 aromatic carbocycles. The van der Waals surface area contributed by atoms with Gasteiger partial charge in [0.2, 0.25) is 0 Å². The van der Waals surface area contributed by atoms with Crippen LogP contribution in [0, 0.1) is 20.8 Å². The first-order chi connectivity index (χ1) is 29.0. The Labute approximate surface area is 359 Å². The Kier molecular flexibility index (Phi) is 16.0. The minimum absolute atomic E-state index is 0.0142. The Balaban J connectivity index is 0.000000213. The van der Waals surface area contributed by atoms with E-state index in [1.54, 1.807) is 55.1 Å². The zero-order valence-corrected chi connectivity index (χ0v) is 36.5. The summed E-state index contributed by atoms with van der Waals surface area (Å²) >= 11 is 3.06. The maximum absolute atomic E-state index is 12.6. The van der Waals surface area contributed by atoms with Gasteiger partial charge in [-0.1, -0.05) is 114 Å². The van der Waals surface area contributed by atoms with Crippen molar-refractivity contribution in [2.75, 3.05) is 13.3 Å². The van der Waals surface area contributed by atoms with E-state index in [9.17, 15) is 22.4 Å². The van der Waals surface area contributed by atoms with Crippen LogP contribution in [0.5, 0.6) is 0 Å². The van der Waals surface area contributed by atoms with Gasteiger partial charge < -0.3 is 8.83 Å². The number of benzene rings is 5. The fourth-order valence-electron chi connectivity index (χ4n) is 6.40. The van der Waals surface area contributed by atoms with E-state index in [1.165, 1.54) is 28.5 Å². The van der Waals surface area contributed by atoms with Crippen LogP contribution in [0.15, 0.2) is 155 Å². The van der Waals surface area contributed by atoms with Crippen molar-refractivity contribution in [3.8, 4) is 0 Å². The standard InChI is InChI=1S/C28H28O5S2.C21H21FO2S/c1-20-10-16-24(17-11-20)35(30,31)32-18-6-5-7-22-12-14-23(15-13-22)19-34-28-21(2)27(29)25-8-3-4-9-26(25)33-28;1-15-20(23)18-7-2-3-8-19(18)24-21(15)25-14-17-11-9-16(10-12-17)6-4-5-13-22/h3-4,8-17H,5-7,18-19H2,1-2H3;2-3,7-12H,4-6,13-14H2,1H3/i;22-1. The van der Waals surface area contributed by atoms with Crippen LogP contribution in [0.1, 0.15) is 64.6 Å². The number of hydrogen-bond acceptors (Lipinski definition) is 9. The van der Waals surface area contributed by atoms with E-state index in [1.807, 2.05) is 50.2 Å². The van der Waals surface area contributed by atoms with E-state index in [0.717, 1.165) is 42.6 Å². The molecule has 11 heteroatoms. The van der Waals surface area contributed by atoms with Crippen molar-refractivity contribution >= 4 is 55.6 Å². The molecular weight excluding hydrogens is 815 g/mol. The van der Waals surface area contributed by atoms with Crippen LogP contribution in [0.25, 0.3) is 21.9 Å². The summed E-state index contributed by atoms with van der Waals surface area (Å²) in [5.74, 6) is 1.44. The fraction of sp³-hybridized carbons (Fsp3) is 0.265. The average molecular weight is 864 g/mol. The lowest BCUT2D eigenvalue weighted by molar-refractivity contribution is 0.308. The highest BCUT2D eigenvalue weighted by Gasteiger charge is 2.15. The highest BCUT2D eigenvalue weighted by molar-refractivity contribution is 7.98. The summed E-state index contributed by atoms with van der Waals surface area (Å²) < 4.78 is 53.7. The summed E-state index contributed by atoms with van der Waals surface area (Å²) in [4.78, 5) is 25.2. The largest absolute Gasteiger partial charge is 0.449 e. The average Bonchev–Trinajstić information content (AvgIpc) is 3.26. The number of thioether (sulfide) groups is 2. The third kappa shape index (κ3) is 12.1. The molecule has 2 aromatic heterocycles. The molecule has 2 heterocycles. The summed E-state index contributed by atoms with van der Waals surface area (Å²) in [6.07, 6.45) is 4.75. The second-order valence-electron chi connectivity index (χ2n) is 14.6. The SMILES string of the molecule is Cc1c(SCc2ccc(CCCC[18F])cc2)oc2ccccc2c1=O.Cc1ccc(S(=O)(=O)OCCCCc2ccc(CSc3oc4ccccc4c(=O)c3C)cc2)cc1. The smallest absolute Gasteiger partial charge is 0.296 e. The molecule has 0 aliphatic rings. The quantitative estimate of drug-likeness (QED) is 0.0503. The summed E-state index contributed by atoms with van der Waals surface area (Å²) in [5.41, 5.74) is 8.32. The predicted octanol–water partition coefficient (Wildman–Crippen LogP) is 12.1. The van der Waals surface area contributed by atoms with Crippen molar-refractivity contribution in [2.24, 2.45) is 0 Å². The Morgan fingerprint density at radius 1 is 0.550 bits per heavy atom. The Morgan fingerprint density at radius 3 is 1.45 bits per heavy atom. The van der Waals surface area contributed by atoms with Gasteiger partial charge in [0.25, 0.3) is 10.1 Å². The molecule has 7 aromatic rings. The van der Waals surface area contributed by atoms with Crippen molar-refractivity contribution in [2.45, 2.75) is 85.9 Å². The maximum Gasteiger partial charge on any atom is 0.296 e. The topological polar surface area (TPSA) is 104 Å². The van der Waals surface area contributed by atoms with Gasteiger partial charge in [0.1, 0.15) is 11.2 Å². The van der Waals surface area contributed by atoms with Crippen LogP contribution >= 0.6 is 23.5 Å². The monoisotopic (exact) mass is 863 g/mol. The van der Waals surface area contributed by atoms with E-state index in [4.69, 9.17) is 13.0 Å². The lowest BCUT2D eigenvalue weighted by Gasteiger charge is -2.08. The van der Waals surface area contributed by atoms with Crippen LogP contribution in [-0.4, -0.2) is 21.7 Å². The normalized spacial score (nSPS) is 11.5. The highest BCUT2D eigenvalue weighted by atomic mass is 32.2. The van der Waals surface area contributed by atoms with Gasteiger partial charge >= 0.3 is 0 Å². The molecule has 0 aliphatic carbocycles. The molecule has 0 fully saturated rings. The van der Waals surface area contributed by atoms with Crippen molar-refractivity contribution in [1.82, 2.24) is 0 Å². The third-order valence-electron chi connectivity index (χ3n) is 10.0. The predicted molar refractivity (Wildman–Crippen MR) is 243 cm³/mol. The first-order valence-electron chi connectivity index (χ1n) is 20.0. The lowest BCUT2D eigenvalue weighted by Crippen LogP contribution is -2.07. The summed E-state index contributed by atoms with van der Waals surface area (Å²) in [6, 6.07) is 38.0. The van der Waals surface area contributed by atoms with Crippen molar-refractivity contribution < 1.29 is 25.8 Å². The van der Waals surface area contributed by atoms with Gasteiger partial charge in [0.05, 0.1) is 28.9 Å². The van der Waals surface area contributed by atoms with Crippen LogP contribution in [0.2, 0.25) is 0 Å². The number of para-hydroxylation sites is 2. The lowest BCUT2D eigenvalue weighted by atomic mass is 10.1. The van der Waals surface area contributed by atoms with E-state index in [0.29, 0.717) is 61.8 Å². The van der Waals surface area contributed by atoms with Gasteiger partial charge in [0.15, 0.2) is 21.0 Å². The Hall–Kier alpha value is -4.94. The molecule has 0 bridgehead atoms. The second-order valence-corrected chi connectivity index (χ2v) is 18.1.